The van der Waals surface area contributed by atoms with Gasteiger partial charge in [0, 0.05) is 11.1 Å². The van der Waals surface area contributed by atoms with E-state index in [2.05, 4.69) is 12.2 Å². The summed E-state index contributed by atoms with van der Waals surface area (Å²) in [5.74, 6) is 0.399. The minimum Gasteiger partial charge on any atom is -0.314 e. The van der Waals surface area contributed by atoms with Gasteiger partial charge in [-0.05, 0) is 55.8 Å². The van der Waals surface area contributed by atoms with E-state index in [0.717, 1.165) is 24.9 Å². The minimum atomic E-state index is -0.163. The molecule has 1 aliphatic carbocycles. The lowest BCUT2D eigenvalue weighted by Crippen LogP contribution is -2.33. The first-order valence-electron chi connectivity index (χ1n) is 6.88. The first-order chi connectivity index (χ1) is 8.70. The Morgan fingerprint density at radius 3 is 2.94 bits per heavy atom. The summed E-state index contributed by atoms with van der Waals surface area (Å²) >= 11 is 5.78. The Bertz CT molecular complexity index is 394. The van der Waals surface area contributed by atoms with Crippen molar-refractivity contribution in [2.75, 3.05) is 6.54 Å². The van der Waals surface area contributed by atoms with Crippen LogP contribution in [-0.2, 0) is 6.42 Å². The second-order valence-corrected chi connectivity index (χ2v) is 5.63. The molecule has 0 heterocycles. The molecular formula is C15H21ClFN. The highest BCUT2D eigenvalue weighted by Gasteiger charge is 2.27. The van der Waals surface area contributed by atoms with Crippen LogP contribution in [0, 0.1) is 11.7 Å². The van der Waals surface area contributed by atoms with E-state index in [4.69, 9.17) is 11.6 Å². The molecule has 0 amide bonds. The first kappa shape index (κ1) is 13.8. The third kappa shape index (κ3) is 3.46. The molecule has 1 fully saturated rings. The van der Waals surface area contributed by atoms with Crippen LogP contribution in [0.1, 0.15) is 38.2 Å². The normalized spacial score (nSPS) is 23.5. The number of hydrogen-bond donors (Lipinski definition) is 1. The van der Waals surface area contributed by atoms with Gasteiger partial charge in [0.15, 0.2) is 0 Å². The molecule has 3 heteroatoms. The zero-order valence-electron chi connectivity index (χ0n) is 10.9. The number of hydrogen-bond acceptors (Lipinski definition) is 1. The van der Waals surface area contributed by atoms with E-state index >= 15 is 0 Å². The van der Waals surface area contributed by atoms with Gasteiger partial charge in [-0.1, -0.05) is 31.0 Å². The highest BCUT2D eigenvalue weighted by Crippen LogP contribution is 2.30. The van der Waals surface area contributed by atoms with Crippen molar-refractivity contribution >= 4 is 11.6 Å². The van der Waals surface area contributed by atoms with Gasteiger partial charge in [-0.2, -0.15) is 0 Å². The Morgan fingerprint density at radius 1 is 1.39 bits per heavy atom. The molecular weight excluding hydrogens is 249 g/mol. The molecule has 0 bridgehead atoms. The van der Waals surface area contributed by atoms with Gasteiger partial charge in [0.25, 0.3) is 0 Å². The van der Waals surface area contributed by atoms with Crippen molar-refractivity contribution in [2.24, 2.45) is 5.92 Å². The van der Waals surface area contributed by atoms with Gasteiger partial charge in [0.2, 0.25) is 0 Å². The fourth-order valence-corrected chi connectivity index (χ4v) is 3.01. The van der Waals surface area contributed by atoms with Crippen LogP contribution in [-0.4, -0.2) is 12.6 Å². The highest BCUT2D eigenvalue weighted by atomic mass is 35.5. The molecule has 0 spiro atoms. The Balaban J connectivity index is 1.99. The molecule has 1 aromatic rings. The summed E-state index contributed by atoms with van der Waals surface area (Å²) in [7, 11) is 0. The second-order valence-electron chi connectivity index (χ2n) is 5.19. The van der Waals surface area contributed by atoms with Crippen LogP contribution in [0.25, 0.3) is 0 Å². The Hall–Kier alpha value is -0.600. The molecule has 1 aromatic carbocycles. The molecule has 100 valence electrons. The van der Waals surface area contributed by atoms with Gasteiger partial charge in [-0.3, -0.25) is 0 Å². The van der Waals surface area contributed by atoms with Crippen molar-refractivity contribution in [3.63, 3.8) is 0 Å². The maximum atomic E-state index is 13.8. The van der Waals surface area contributed by atoms with Gasteiger partial charge in [-0.25, -0.2) is 4.39 Å². The van der Waals surface area contributed by atoms with E-state index in [1.165, 1.54) is 25.3 Å². The second kappa shape index (κ2) is 6.53. The van der Waals surface area contributed by atoms with Crippen LogP contribution in [0.5, 0.6) is 0 Å². The van der Waals surface area contributed by atoms with Gasteiger partial charge in [0.1, 0.15) is 5.82 Å². The van der Waals surface area contributed by atoms with Crippen molar-refractivity contribution in [3.8, 4) is 0 Å². The van der Waals surface area contributed by atoms with Gasteiger partial charge >= 0.3 is 0 Å². The van der Waals surface area contributed by atoms with Crippen molar-refractivity contribution in [2.45, 2.75) is 45.1 Å². The largest absolute Gasteiger partial charge is 0.314 e. The van der Waals surface area contributed by atoms with Gasteiger partial charge < -0.3 is 5.32 Å². The van der Waals surface area contributed by atoms with Crippen LogP contribution >= 0.6 is 11.6 Å². The smallest absolute Gasteiger partial charge is 0.127 e. The maximum absolute atomic E-state index is 13.8. The standard InChI is InChI=1S/C15H21ClFN/c1-2-8-18-15-5-3-4-12(15)9-11-6-7-13(16)10-14(11)17/h6-7,10,12,15,18H,2-5,8-9H2,1H3. The lowest BCUT2D eigenvalue weighted by Gasteiger charge is -2.21. The summed E-state index contributed by atoms with van der Waals surface area (Å²) in [6.07, 6.45) is 5.65. The van der Waals surface area contributed by atoms with Crippen molar-refractivity contribution in [1.29, 1.82) is 0 Å². The van der Waals surface area contributed by atoms with Crippen LogP contribution < -0.4 is 5.32 Å². The molecule has 2 unspecified atom stereocenters. The Morgan fingerprint density at radius 2 is 2.22 bits per heavy atom. The van der Waals surface area contributed by atoms with E-state index < -0.39 is 0 Å². The van der Waals surface area contributed by atoms with Crippen molar-refractivity contribution in [3.05, 3.63) is 34.6 Å². The number of benzene rings is 1. The molecule has 2 rings (SSSR count). The van der Waals surface area contributed by atoms with Crippen molar-refractivity contribution in [1.82, 2.24) is 5.32 Å². The topological polar surface area (TPSA) is 12.0 Å². The van der Waals surface area contributed by atoms with Crippen molar-refractivity contribution < 1.29 is 4.39 Å². The van der Waals surface area contributed by atoms with Crippen LogP contribution in [0.2, 0.25) is 5.02 Å². The fraction of sp³-hybridized carbons (Fsp3) is 0.600. The first-order valence-corrected chi connectivity index (χ1v) is 7.25. The average molecular weight is 270 g/mol. The lowest BCUT2D eigenvalue weighted by molar-refractivity contribution is 0.394. The summed E-state index contributed by atoms with van der Waals surface area (Å²) in [6.45, 7) is 3.24. The Kier molecular flexibility index (Phi) is 5.02. The summed E-state index contributed by atoms with van der Waals surface area (Å²) in [5.41, 5.74) is 0.801. The summed E-state index contributed by atoms with van der Waals surface area (Å²) in [6, 6.07) is 5.58. The number of nitrogens with one attached hydrogen (secondary N) is 1. The zero-order valence-corrected chi connectivity index (χ0v) is 11.6. The molecule has 0 saturated heterocycles. The predicted octanol–water partition coefficient (Wildman–Crippen LogP) is 4.19. The monoisotopic (exact) mass is 269 g/mol. The molecule has 0 aliphatic heterocycles. The SMILES string of the molecule is CCCNC1CCCC1Cc1ccc(Cl)cc1F. The summed E-state index contributed by atoms with van der Waals surface area (Å²) in [5, 5.41) is 4.06. The van der Waals surface area contributed by atoms with E-state index in [1.807, 2.05) is 6.07 Å². The molecule has 18 heavy (non-hydrogen) atoms. The number of halogens is 2. The van der Waals surface area contributed by atoms with E-state index in [0.29, 0.717) is 17.0 Å². The molecule has 1 saturated carbocycles. The van der Waals surface area contributed by atoms with Gasteiger partial charge in [0.05, 0.1) is 0 Å². The third-order valence-corrected chi connectivity index (χ3v) is 4.05. The molecule has 1 aliphatic rings. The van der Waals surface area contributed by atoms with Gasteiger partial charge in [-0.15, -0.1) is 0 Å². The lowest BCUT2D eigenvalue weighted by atomic mass is 9.94. The van der Waals surface area contributed by atoms with Crippen LogP contribution in [0.15, 0.2) is 18.2 Å². The van der Waals surface area contributed by atoms with Crippen LogP contribution in [0.3, 0.4) is 0 Å². The molecule has 2 atom stereocenters. The third-order valence-electron chi connectivity index (χ3n) is 3.81. The van der Waals surface area contributed by atoms with E-state index in [-0.39, 0.29) is 5.82 Å². The molecule has 0 radical (unpaired) electrons. The zero-order chi connectivity index (χ0) is 13.0. The number of rotatable bonds is 5. The maximum Gasteiger partial charge on any atom is 0.127 e. The summed E-state index contributed by atoms with van der Waals surface area (Å²) < 4.78 is 13.8. The molecule has 1 N–H and O–H groups in total. The fourth-order valence-electron chi connectivity index (χ4n) is 2.85. The Labute approximate surface area is 114 Å². The molecule has 0 aromatic heterocycles. The average Bonchev–Trinajstić information content (AvgIpc) is 2.77. The quantitative estimate of drug-likeness (QED) is 0.845. The van der Waals surface area contributed by atoms with Crippen LogP contribution in [0.4, 0.5) is 4.39 Å². The van der Waals surface area contributed by atoms with E-state index in [1.54, 1.807) is 6.07 Å². The molecule has 1 nitrogen and oxygen atoms in total. The highest BCUT2D eigenvalue weighted by molar-refractivity contribution is 6.30. The van der Waals surface area contributed by atoms with E-state index in [9.17, 15) is 4.39 Å². The minimum absolute atomic E-state index is 0.163. The summed E-state index contributed by atoms with van der Waals surface area (Å²) in [4.78, 5) is 0. The predicted molar refractivity (Wildman–Crippen MR) is 74.5 cm³/mol.